The quantitative estimate of drug-likeness (QED) is 0.198. The number of benzene rings is 2. The topological polar surface area (TPSA) is 147 Å². The van der Waals surface area contributed by atoms with Crippen LogP contribution in [0.3, 0.4) is 0 Å². The first kappa shape index (κ1) is 30.8. The van der Waals surface area contributed by atoms with E-state index in [1.807, 2.05) is 36.4 Å². The number of ether oxygens (including phenoxy) is 5. The van der Waals surface area contributed by atoms with E-state index >= 15 is 0 Å². The van der Waals surface area contributed by atoms with Gasteiger partial charge in [0.25, 0.3) is 0 Å². The summed E-state index contributed by atoms with van der Waals surface area (Å²) in [6.07, 6.45) is 1.01. The second kappa shape index (κ2) is 18.6. The number of carbonyl (C=O) groups is 1. The summed E-state index contributed by atoms with van der Waals surface area (Å²) in [7, 11) is 0. The van der Waals surface area contributed by atoms with Crippen LogP contribution in [0, 0.1) is 6.92 Å². The van der Waals surface area contributed by atoms with Gasteiger partial charge in [-0.15, -0.1) is 20.4 Å². The molecule has 12 nitrogen and oxygen atoms in total. The highest BCUT2D eigenvalue weighted by Crippen LogP contribution is 2.18. The van der Waals surface area contributed by atoms with Crippen LogP contribution in [-0.4, -0.2) is 97.4 Å². The highest BCUT2D eigenvalue weighted by Gasteiger charge is 2.04. The molecule has 3 rings (SSSR count). The first-order valence-corrected chi connectivity index (χ1v) is 13.2. The SMILES string of the molecule is Cc1nnc(-c2ccc(OCCOCCOCCOCCOCCC(=O)NCCc3ccc(O)cc3)cc2)nn1. The van der Waals surface area contributed by atoms with Crippen molar-refractivity contribution in [1.82, 2.24) is 25.7 Å². The number of nitrogens with one attached hydrogen (secondary N) is 1. The van der Waals surface area contributed by atoms with Crippen molar-refractivity contribution in [2.24, 2.45) is 0 Å². The molecule has 1 heterocycles. The molecule has 0 aliphatic carbocycles. The summed E-state index contributed by atoms with van der Waals surface area (Å²) >= 11 is 0. The molecule has 12 heteroatoms. The van der Waals surface area contributed by atoms with Gasteiger partial charge >= 0.3 is 0 Å². The number of amides is 1. The molecule has 1 aromatic heterocycles. The van der Waals surface area contributed by atoms with E-state index in [1.54, 1.807) is 19.1 Å². The number of aromatic hydroxyl groups is 1. The lowest BCUT2D eigenvalue weighted by Crippen LogP contribution is -2.26. The molecule has 0 spiro atoms. The maximum atomic E-state index is 11.8. The molecule has 0 fully saturated rings. The number of aromatic nitrogens is 4. The van der Waals surface area contributed by atoms with Crippen LogP contribution in [0.4, 0.5) is 0 Å². The van der Waals surface area contributed by atoms with E-state index in [0.717, 1.165) is 16.9 Å². The van der Waals surface area contributed by atoms with E-state index < -0.39 is 0 Å². The van der Waals surface area contributed by atoms with Crippen molar-refractivity contribution in [2.75, 3.05) is 66.0 Å². The fourth-order valence-electron chi connectivity index (χ4n) is 3.34. The smallest absolute Gasteiger partial charge is 0.222 e. The maximum absolute atomic E-state index is 11.8. The van der Waals surface area contributed by atoms with Crippen LogP contribution in [0.5, 0.6) is 11.5 Å². The van der Waals surface area contributed by atoms with Gasteiger partial charge in [0.1, 0.15) is 18.1 Å². The van der Waals surface area contributed by atoms with Crippen LogP contribution < -0.4 is 10.1 Å². The highest BCUT2D eigenvalue weighted by atomic mass is 16.6. The summed E-state index contributed by atoms with van der Waals surface area (Å²) in [6.45, 7) is 6.21. The number of nitrogens with zero attached hydrogens (tertiary/aromatic N) is 4. The number of phenolic OH excluding ortho intramolecular Hbond substituents is 1. The van der Waals surface area contributed by atoms with Crippen LogP contribution >= 0.6 is 0 Å². The first-order chi connectivity index (χ1) is 19.6. The second-order valence-electron chi connectivity index (χ2n) is 8.61. The normalized spacial score (nSPS) is 10.9. The van der Waals surface area contributed by atoms with Gasteiger partial charge in [0.05, 0.1) is 52.9 Å². The zero-order valence-electron chi connectivity index (χ0n) is 22.8. The maximum Gasteiger partial charge on any atom is 0.222 e. The number of rotatable bonds is 20. The molecular weight excluding hydrogens is 518 g/mol. The Morgan fingerprint density at radius 1 is 0.725 bits per heavy atom. The Kier molecular flexibility index (Phi) is 14.3. The van der Waals surface area contributed by atoms with E-state index in [-0.39, 0.29) is 11.7 Å². The zero-order valence-corrected chi connectivity index (χ0v) is 22.8. The van der Waals surface area contributed by atoms with Crippen LogP contribution in [0.15, 0.2) is 48.5 Å². The average molecular weight is 556 g/mol. The molecule has 0 saturated carbocycles. The van der Waals surface area contributed by atoms with Gasteiger partial charge in [-0.25, -0.2) is 0 Å². The standard InChI is InChI=1S/C28H37N5O7/c1-22-30-32-28(33-31-22)24-4-8-26(9-5-24)40-21-20-39-19-18-38-17-16-37-15-14-36-13-11-27(35)29-12-10-23-2-6-25(34)7-3-23/h2-9,34H,10-21H2,1H3,(H,29,35). The molecule has 0 bridgehead atoms. The van der Waals surface area contributed by atoms with Gasteiger partial charge in [-0.2, -0.15) is 0 Å². The third-order valence-corrected chi connectivity index (χ3v) is 5.45. The summed E-state index contributed by atoms with van der Waals surface area (Å²) in [5, 5.41) is 28.0. The summed E-state index contributed by atoms with van der Waals surface area (Å²) in [4.78, 5) is 11.8. The lowest BCUT2D eigenvalue weighted by atomic mass is 10.1. The minimum atomic E-state index is -0.0547. The van der Waals surface area contributed by atoms with Gasteiger partial charge in [0, 0.05) is 18.5 Å². The Labute approximate surface area is 234 Å². The molecule has 1 amide bonds. The molecule has 3 aromatic rings. The van der Waals surface area contributed by atoms with Crippen LogP contribution in [0.25, 0.3) is 11.4 Å². The Bertz CT molecular complexity index is 1100. The number of hydrogen-bond donors (Lipinski definition) is 2. The molecule has 0 saturated heterocycles. The molecular formula is C28H37N5O7. The van der Waals surface area contributed by atoms with Crippen LogP contribution in [0.1, 0.15) is 17.8 Å². The molecule has 0 aliphatic heterocycles. The lowest BCUT2D eigenvalue weighted by Gasteiger charge is -2.09. The summed E-state index contributed by atoms with van der Waals surface area (Å²) in [5.74, 6) is 1.90. The molecule has 0 unspecified atom stereocenters. The summed E-state index contributed by atoms with van der Waals surface area (Å²) in [6, 6.07) is 14.3. The van der Waals surface area contributed by atoms with Gasteiger partial charge in [0.15, 0.2) is 5.82 Å². The molecule has 216 valence electrons. The van der Waals surface area contributed by atoms with Gasteiger partial charge in [-0.3, -0.25) is 4.79 Å². The van der Waals surface area contributed by atoms with Gasteiger partial charge < -0.3 is 34.1 Å². The number of aryl methyl sites for hydroxylation is 1. The van der Waals surface area contributed by atoms with E-state index in [9.17, 15) is 9.90 Å². The van der Waals surface area contributed by atoms with Crippen molar-refractivity contribution >= 4 is 5.91 Å². The average Bonchev–Trinajstić information content (AvgIpc) is 2.97. The Morgan fingerprint density at radius 2 is 1.27 bits per heavy atom. The van der Waals surface area contributed by atoms with Crippen molar-refractivity contribution in [3.63, 3.8) is 0 Å². The largest absolute Gasteiger partial charge is 0.508 e. The minimum absolute atomic E-state index is 0.0547. The monoisotopic (exact) mass is 555 g/mol. The summed E-state index contributed by atoms with van der Waals surface area (Å²) in [5.41, 5.74) is 1.87. The van der Waals surface area contributed by atoms with Gasteiger partial charge in [-0.1, -0.05) is 12.1 Å². The van der Waals surface area contributed by atoms with E-state index in [0.29, 0.717) is 90.5 Å². The van der Waals surface area contributed by atoms with Crippen molar-refractivity contribution in [2.45, 2.75) is 19.8 Å². The third kappa shape index (κ3) is 12.9. The van der Waals surface area contributed by atoms with E-state index in [1.165, 1.54) is 0 Å². The molecule has 2 aromatic carbocycles. The zero-order chi connectivity index (χ0) is 28.3. The lowest BCUT2D eigenvalue weighted by molar-refractivity contribution is -0.122. The Morgan fingerprint density at radius 3 is 1.88 bits per heavy atom. The Balaban J connectivity index is 1.05. The van der Waals surface area contributed by atoms with Crippen molar-refractivity contribution in [3.05, 3.63) is 59.9 Å². The number of carbonyl (C=O) groups excluding carboxylic acids is 1. The predicted octanol–water partition coefficient (Wildman–Crippen LogP) is 2.14. The minimum Gasteiger partial charge on any atom is -0.508 e. The van der Waals surface area contributed by atoms with Crippen molar-refractivity contribution < 1.29 is 33.6 Å². The fraction of sp³-hybridized carbons (Fsp3) is 0.464. The predicted molar refractivity (Wildman–Crippen MR) is 146 cm³/mol. The number of phenols is 1. The molecule has 0 aliphatic rings. The molecule has 0 atom stereocenters. The Hall–Kier alpha value is -3.71. The highest BCUT2D eigenvalue weighted by molar-refractivity contribution is 5.75. The molecule has 40 heavy (non-hydrogen) atoms. The van der Waals surface area contributed by atoms with E-state index in [2.05, 4.69) is 25.7 Å². The van der Waals surface area contributed by atoms with E-state index in [4.69, 9.17) is 23.7 Å². The van der Waals surface area contributed by atoms with Crippen molar-refractivity contribution in [1.29, 1.82) is 0 Å². The first-order valence-electron chi connectivity index (χ1n) is 13.2. The van der Waals surface area contributed by atoms with Crippen LogP contribution in [0.2, 0.25) is 0 Å². The van der Waals surface area contributed by atoms with Crippen molar-refractivity contribution in [3.8, 4) is 22.9 Å². The van der Waals surface area contributed by atoms with Gasteiger partial charge in [0.2, 0.25) is 11.7 Å². The fourth-order valence-corrected chi connectivity index (χ4v) is 3.34. The van der Waals surface area contributed by atoms with Gasteiger partial charge in [-0.05, 0) is 55.3 Å². The second-order valence-corrected chi connectivity index (χ2v) is 8.61. The summed E-state index contributed by atoms with van der Waals surface area (Å²) < 4.78 is 27.5. The number of hydrogen-bond acceptors (Lipinski definition) is 11. The molecule has 2 N–H and O–H groups in total. The van der Waals surface area contributed by atoms with Crippen LogP contribution in [-0.2, 0) is 30.2 Å². The third-order valence-electron chi connectivity index (χ3n) is 5.45. The molecule has 0 radical (unpaired) electrons.